The highest BCUT2D eigenvalue weighted by Gasteiger charge is 2.31. The van der Waals surface area contributed by atoms with Gasteiger partial charge in [-0.15, -0.1) is 0 Å². The molecule has 1 saturated heterocycles. The molecule has 0 spiro atoms. The third kappa shape index (κ3) is 3.93. The quantitative estimate of drug-likeness (QED) is 0.757. The lowest BCUT2D eigenvalue weighted by Crippen LogP contribution is -2.43. The lowest BCUT2D eigenvalue weighted by atomic mass is 10.2. The number of halogens is 2. The van der Waals surface area contributed by atoms with Crippen LogP contribution in [-0.2, 0) is 10.0 Å². The normalized spacial score (nSPS) is 16.3. The highest BCUT2D eigenvalue weighted by molar-refractivity contribution is 7.94. The summed E-state index contributed by atoms with van der Waals surface area (Å²) in [6.07, 6.45) is 0. The number of nitrogens with one attached hydrogen (secondary N) is 1. The first-order valence-corrected chi connectivity index (χ1v) is 10.6. The summed E-state index contributed by atoms with van der Waals surface area (Å²) in [6, 6.07) is 14.1. The van der Waals surface area contributed by atoms with Crippen molar-refractivity contribution in [3.8, 4) is 0 Å². The summed E-state index contributed by atoms with van der Waals surface area (Å²) in [5, 5.41) is 2.85. The molecule has 0 bridgehead atoms. The Labute approximate surface area is 164 Å². The number of sulfonamides is 1. The predicted octanol–water partition coefficient (Wildman–Crippen LogP) is 3.80. The minimum Gasteiger partial charge on any atom is -0.369 e. The van der Waals surface area contributed by atoms with Gasteiger partial charge in [0.15, 0.2) is 0 Å². The van der Waals surface area contributed by atoms with Crippen LogP contribution < -0.4 is 14.0 Å². The summed E-state index contributed by atoms with van der Waals surface area (Å²) in [7, 11) is -3.81. The van der Waals surface area contributed by atoms with Gasteiger partial charge in [-0.2, -0.15) is 3.82 Å². The maximum absolute atomic E-state index is 12.9. The van der Waals surface area contributed by atoms with Crippen molar-refractivity contribution in [2.24, 2.45) is 0 Å². The molecule has 3 rings (SSSR count). The van der Waals surface area contributed by atoms with Crippen molar-refractivity contribution in [1.82, 2.24) is 5.32 Å². The first-order chi connectivity index (χ1) is 12.4. The van der Waals surface area contributed by atoms with Gasteiger partial charge in [0, 0.05) is 48.7 Å². The SMILES string of the molecule is CC(c1ccccc1Cl)S(=O)(=O)N(Cl)c1ccc(N2CCNCC2)cc1. The Morgan fingerprint density at radius 3 is 2.31 bits per heavy atom. The van der Waals surface area contributed by atoms with Crippen LogP contribution >= 0.6 is 23.4 Å². The largest absolute Gasteiger partial charge is 0.369 e. The van der Waals surface area contributed by atoms with E-state index in [9.17, 15) is 8.42 Å². The zero-order valence-electron chi connectivity index (χ0n) is 14.4. The molecule has 1 heterocycles. The molecule has 1 aliphatic rings. The molecule has 1 fully saturated rings. The third-order valence-corrected chi connectivity index (χ3v) is 7.47. The molecule has 26 heavy (non-hydrogen) atoms. The molecular weight excluding hydrogens is 393 g/mol. The van der Waals surface area contributed by atoms with Crippen molar-refractivity contribution in [1.29, 1.82) is 0 Å². The summed E-state index contributed by atoms with van der Waals surface area (Å²) in [5.41, 5.74) is 1.98. The van der Waals surface area contributed by atoms with Crippen LogP contribution in [0.15, 0.2) is 48.5 Å². The number of benzene rings is 2. The molecule has 8 heteroatoms. The van der Waals surface area contributed by atoms with Crippen LogP contribution in [-0.4, -0.2) is 34.6 Å². The van der Waals surface area contributed by atoms with Crippen LogP contribution in [0, 0.1) is 0 Å². The Hall–Kier alpha value is -1.47. The predicted molar refractivity (Wildman–Crippen MR) is 109 cm³/mol. The van der Waals surface area contributed by atoms with Crippen molar-refractivity contribution in [2.45, 2.75) is 12.2 Å². The first kappa shape index (κ1) is 19.3. The maximum Gasteiger partial charge on any atom is 0.255 e. The summed E-state index contributed by atoms with van der Waals surface area (Å²) in [5.74, 6) is 0. The van der Waals surface area contributed by atoms with Gasteiger partial charge >= 0.3 is 0 Å². The van der Waals surface area contributed by atoms with Gasteiger partial charge in [-0.1, -0.05) is 29.8 Å². The van der Waals surface area contributed by atoms with E-state index in [4.69, 9.17) is 23.4 Å². The molecule has 2 aromatic carbocycles. The van der Waals surface area contributed by atoms with Crippen LogP contribution in [0.1, 0.15) is 17.7 Å². The fraction of sp³-hybridized carbons (Fsp3) is 0.333. The summed E-state index contributed by atoms with van der Waals surface area (Å²) in [4.78, 5) is 2.25. The second kappa shape index (κ2) is 8.05. The molecule has 1 N–H and O–H groups in total. The van der Waals surface area contributed by atoms with E-state index in [-0.39, 0.29) is 0 Å². The molecule has 0 saturated carbocycles. The minimum absolute atomic E-state index is 0.405. The molecular formula is C18H21Cl2N3O2S. The number of hydrogen-bond donors (Lipinski definition) is 1. The average molecular weight is 414 g/mol. The highest BCUT2D eigenvalue weighted by Crippen LogP contribution is 2.34. The molecule has 0 aromatic heterocycles. The Bertz CT molecular complexity index is 853. The zero-order chi connectivity index (χ0) is 18.7. The van der Waals surface area contributed by atoms with E-state index in [0.717, 1.165) is 35.7 Å². The second-order valence-electron chi connectivity index (χ2n) is 6.18. The van der Waals surface area contributed by atoms with Gasteiger partial charge in [-0.3, -0.25) is 0 Å². The maximum atomic E-state index is 12.9. The molecule has 1 aliphatic heterocycles. The highest BCUT2D eigenvalue weighted by atomic mass is 35.5. The zero-order valence-corrected chi connectivity index (χ0v) is 16.7. The number of nitrogens with zero attached hydrogens (tertiary/aromatic N) is 2. The van der Waals surface area contributed by atoms with Gasteiger partial charge in [0.2, 0.25) is 0 Å². The van der Waals surface area contributed by atoms with Crippen molar-refractivity contribution in [2.75, 3.05) is 34.9 Å². The van der Waals surface area contributed by atoms with Crippen LogP contribution in [0.5, 0.6) is 0 Å². The Morgan fingerprint density at radius 2 is 1.69 bits per heavy atom. The van der Waals surface area contributed by atoms with Crippen molar-refractivity contribution in [3.05, 3.63) is 59.1 Å². The van der Waals surface area contributed by atoms with E-state index in [0.29, 0.717) is 16.3 Å². The van der Waals surface area contributed by atoms with E-state index in [1.165, 1.54) is 0 Å². The molecule has 5 nitrogen and oxygen atoms in total. The molecule has 1 unspecified atom stereocenters. The standard InChI is InChI=1S/C18H21Cl2N3O2S/c1-14(17-4-2-3-5-18(17)19)26(24,25)23(20)16-8-6-15(7-9-16)22-12-10-21-11-13-22/h2-9,14,21H,10-13H2,1H3. The molecule has 0 amide bonds. The van der Waals surface area contributed by atoms with Crippen molar-refractivity contribution >= 4 is 44.8 Å². The second-order valence-corrected chi connectivity index (χ2v) is 9.22. The number of piperazine rings is 1. The van der Waals surface area contributed by atoms with E-state index < -0.39 is 15.3 Å². The lowest BCUT2D eigenvalue weighted by Gasteiger charge is -2.30. The molecule has 140 valence electrons. The van der Waals surface area contributed by atoms with Gasteiger partial charge in [0.1, 0.15) is 5.25 Å². The fourth-order valence-corrected chi connectivity index (χ4v) is 5.01. The monoisotopic (exact) mass is 413 g/mol. The molecule has 0 radical (unpaired) electrons. The third-order valence-electron chi connectivity index (χ3n) is 4.55. The Balaban J connectivity index is 1.81. The van der Waals surface area contributed by atoms with E-state index in [1.807, 2.05) is 12.1 Å². The van der Waals surface area contributed by atoms with Gasteiger partial charge in [-0.25, -0.2) is 8.42 Å². The van der Waals surface area contributed by atoms with E-state index in [1.54, 1.807) is 43.3 Å². The van der Waals surface area contributed by atoms with Crippen molar-refractivity contribution < 1.29 is 8.42 Å². The average Bonchev–Trinajstić information content (AvgIpc) is 2.68. The number of anilines is 2. The van der Waals surface area contributed by atoms with Gasteiger partial charge in [0.25, 0.3) is 10.0 Å². The number of hydrogen-bond acceptors (Lipinski definition) is 4. The molecule has 0 aliphatic carbocycles. The Morgan fingerprint density at radius 1 is 1.08 bits per heavy atom. The van der Waals surface area contributed by atoms with Gasteiger partial charge < -0.3 is 10.2 Å². The van der Waals surface area contributed by atoms with Crippen LogP contribution in [0.2, 0.25) is 5.02 Å². The van der Waals surface area contributed by atoms with Crippen LogP contribution in [0.3, 0.4) is 0 Å². The summed E-state index contributed by atoms with van der Waals surface area (Å²) in [6.45, 7) is 5.30. The minimum atomic E-state index is -3.81. The lowest BCUT2D eigenvalue weighted by molar-refractivity contribution is 0.588. The fourth-order valence-electron chi connectivity index (χ4n) is 2.95. The smallest absolute Gasteiger partial charge is 0.255 e. The van der Waals surface area contributed by atoms with Crippen LogP contribution in [0.25, 0.3) is 0 Å². The molecule has 2 aromatic rings. The Kier molecular flexibility index (Phi) is 5.97. The van der Waals surface area contributed by atoms with E-state index in [2.05, 4.69) is 10.2 Å². The van der Waals surface area contributed by atoms with Crippen LogP contribution in [0.4, 0.5) is 11.4 Å². The van der Waals surface area contributed by atoms with Gasteiger partial charge in [0.05, 0.1) is 5.69 Å². The molecule has 1 atom stereocenters. The van der Waals surface area contributed by atoms with E-state index >= 15 is 0 Å². The first-order valence-electron chi connectivity index (χ1n) is 8.41. The van der Waals surface area contributed by atoms with Crippen molar-refractivity contribution in [3.63, 3.8) is 0 Å². The summed E-state index contributed by atoms with van der Waals surface area (Å²) < 4.78 is 26.6. The van der Waals surface area contributed by atoms with Gasteiger partial charge in [-0.05, 0) is 42.8 Å². The topological polar surface area (TPSA) is 52.7 Å². The number of rotatable bonds is 5. The summed E-state index contributed by atoms with van der Waals surface area (Å²) >= 11 is 12.4.